The van der Waals surface area contributed by atoms with Crippen LogP contribution in [0.5, 0.6) is 0 Å². The molecular formula is C78H54N2O. The fourth-order valence-electron chi connectivity index (χ4n) is 12.6. The average Bonchev–Trinajstić information content (AvgIpc) is 4.04. The van der Waals surface area contributed by atoms with Crippen LogP contribution in [-0.4, -0.2) is 0 Å². The maximum absolute atomic E-state index is 6.21. The summed E-state index contributed by atoms with van der Waals surface area (Å²) in [5, 5.41) is 12.4. The Kier molecular flexibility index (Phi) is 11.6. The number of hydrogen-bond donors (Lipinski definition) is 0. The third-order valence-corrected chi connectivity index (χ3v) is 16.5. The van der Waals surface area contributed by atoms with Crippen LogP contribution in [0.2, 0.25) is 0 Å². The predicted octanol–water partition coefficient (Wildman–Crippen LogP) is 22.4. The fraction of sp³-hybridized carbons (Fsp3) is 0.0256. The highest BCUT2D eigenvalue weighted by molar-refractivity contribution is 6.25. The lowest BCUT2D eigenvalue weighted by Crippen LogP contribution is -2.10. The Balaban J connectivity index is 0.807. The van der Waals surface area contributed by atoms with Gasteiger partial charge >= 0.3 is 0 Å². The van der Waals surface area contributed by atoms with E-state index in [1.54, 1.807) is 0 Å². The van der Waals surface area contributed by atoms with Crippen molar-refractivity contribution in [2.75, 3.05) is 9.80 Å². The second-order valence-corrected chi connectivity index (χ2v) is 21.3. The van der Waals surface area contributed by atoms with Gasteiger partial charge in [-0.25, -0.2) is 0 Å². The molecule has 0 aliphatic carbocycles. The van der Waals surface area contributed by atoms with Crippen LogP contribution in [0, 0.1) is 13.8 Å². The molecule has 1 heterocycles. The molecule has 0 saturated carbocycles. The van der Waals surface area contributed by atoms with Crippen LogP contribution >= 0.6 is 0 Å². The van der Waals surface area contributed by atoms with Gasteiger partial charge in [-0.05, 0) is 210 Å². The van der Waals surface area contributed by atoms with Crippen molar-refractivity contribution in [2.24, 2.45) is 0 Å². The number of para-hydroxylation sites is 3. The molecule has 0 N–H and O–H groups in total. The highest BCUT2D eigenvalue weighted by Gasteiger charge is 2.20. The average molecular weight is 1040 g/mol. The summed E-state index contributed by atoms with van der Waals surface area (Å²) in [5.41, 5.74) is 20.4. The maximum Gasteiger partial charge on any atom is 0.135 e. The van der Waals surface area contributed by atoms with Gasteiger partial charge in [0, 0.05) is 44.9 Å². The van der Waals surface area contributed by atoms with E-state index in [0.29, 0.717) is 0 Å². The normalized spacial score (nSPS) is 11.6. The van der Waals surface area contributed by atoms with Gasteiger partial charge in [0.05, 0.1) is 0 Å². The van der Waals surface area contributed by atoms with Crippen LogP contribution in [0.4, 0.5) is 34.1 Å². The first-order valence-electron chi connectivity index (χ1n) is 27.9. The van der Waals surface area contributed by atoms with Crippen molar-refractivity contribution in [3.05, 3.63) is 302 Å². The van der Waals surface area contributed by atoms with Gasteiger partial charge in [0.1, 0.15) is 11.2 Å². The lowest BCUT2D eigenvalue weighted by molar-refractivity contribution is 0.669. The van der Waals surface area contributed by atoms with E-state index in [-0.39, 0.29) is 0 Å². The summed E-state index contributed by atoms with van der Waals surface area (Å²) in [6.45, 7) is 4.47. The van der Waals surface area contributed by atoms with Gasteiger partial charge in [-0.1, -0.05) is 194 Å². The highest BCUT2D eigenvalue weighted by Crippen LogP contribution is 2.44. The van der Waals surface area contributed by atoms with Gasteiger partial charge in [0.25, 0.3) is 0 Å². The summed E-state index contributed by atoms with van der Waals surface area (Å²) in [4.78, 5) is 4.72. The van der Waals surface area contributed by atoms with E-state index in [4.69, 9.17) is 4.42 Å². The number of aryl methyl sites for hydroxylation is 2. The second-order valence-electron chi connectivity index (χ2n) is 21.3. The molecule has 14 aromatic carbocycles. The monoisotopic (exact) mass is 1030 g/mol. The second kappa shape index (κ2) is 19.8. The zero-order chi connectivity index (χ0) is 54.0. The first-order chi connectivity index (χ1) is 40.0. The van der Waals surface area contributed by atoms with E-state index in [2.05, 4.69) is 303 Å². The molecule has 0 aliphatic rings. The van der Waals surface area contributed by atoms with E-state index in [1.807, 2.05) is 12.1 Å². The van der Waals surface area contributed by atoms with Crippen molar-refractivity contribution in [2.45, 2.75) is 13.8 Å². The summed E-state index contributed by atoms with van der Waals surface area (Å²) < 4.78 is 6.21. The number of hydrogen-bond acceptors (Lipinski definition) is 3. The van der Waals surface area contributed by atoms with Crippen LogP contribution in [0.15, 0.2) is 296 Å². The van der Waals surface area contributed by atoms with E-state index < -0.39 is 0 Å². The van der Waals surface area contributed by atoms with Gasteiger partial charge in [-0.15, -0.1) is 0 Å². The smallest absolute Gasteiger partial charge is 0.135 e. The third kappa shape index (κ3) is 8.38. The molecule has 0 spiro atoms. The van der Waals surface area contributed by atoms with Crippen molar-refractivity contribution in [3.8, 4) is 44.5 Å². The zero-order valence-corrected chi connectivity index (χ0v) is 45.0. The number of anilines is 6. The molecule has 0 aliphatic heterocycles. The van der Waals surface area contributed by atoms with Crippen molar-refractivity contribution < 1.29 is 4.42 Å². The van der Waals surface area contributed by atoms with Crippen LogP contribution in [0.1, 0.15) is 11.1 Å². The summed E-state index contributed by atoms with van der Waals surface area (Å²) in [7, 11) is 0. The maximum atomic E-state index is 6.21. The molecule has 0 unspecified atom stereocenters. The quantitative estimate of drug-likeness (QED) is 0.127. The van der Waals surface area contributed by atoms with E-state index in [1.165, 1.54) is 93.2 Å². The molecule has 1 aromatic heterocycles. The van der Waals surface area contributed by atoms with Crippen molar-refractivity contribution in [1.29, 1.82) is 0 Å². The molecule has 0 amide bonds. The van der Waals surface area contributed by atoms with E-state index >= 15 is 0 Å². The van der Waals surface area contributed by atoms with Gasteiger partial charge in [-0.3, -0.25) is 0 Å². The number of benzene rings is 14. The predicted molar refractivity (Wildman–Crippen MR) is 344 cm³/mol. The molecular weight excluding hydrogens is 981 g/mol. The van der Waals surface area contributed by atoms with E-state index in [9.17, 15) is 0 Å². The minimum atomic E-state index is 0.903. The zero-order valence-electron chi connectivity index (χ0n) is 45.0. The number of furan rings is 1. The highest BCUT2D eigenvalue weighted by atomic mass is 16.3. The van der Waals surface area contributed by atoms with Crippen LogP contribution < -0.4 is 9.80 Å². The fourth-order valence-corrected chi connectivity index (χ4v) is 12.6. The molecule has 81 heavy (non-hydrogen) atoms. The Bertz CT molecular complexity index is 4810. The minimum Gasteiger partial charge on any atom is -0.456 e. The summed E-state index contributed by atoms with van der Waals surface area (Å²) >= 11 is 0. The molecule has 0 saturated heterocycles. The molecule has 15 rings (SSSR count). The third-order valence-electron chi connectivity index (χ3n) is 16.5. The Morgan fingerprint density at radius 1 is 0.210 bits per heavy atom. The first kappa shape index (κ1) is 47.7. The van der Waals surface area contributed by atoms with E-state index in [0.717, 1.165) is 61.6 Å². The lowest BCUT2D eigenvalue weighted by Gasteiger charge is -2.27. The topological polar surface area (TPSA) is 19.6 Å². The molecule has 15 aromatic rings. The molecule has 3 nitrogen and oxygen atoms in total. The molecule has 0 atom stereocenters. The first-order valence-corrected chi connectivity index (χ1v) is 27.9. The van der Waals surface area contributed by atoms with Crippen molar-refractivity contribution in [3.63, 3.8) is 0 Å². The van der Waals surface area contributed by atoms with Gasteiger partial charge in [0.15, 0.2) is 0 Å². The molecule has 0 bridgehead atoms. The SMILES string of the molecule is Cc1cc(N(c2ccccc2)c2ccccc2)ccc1-c1ccc(N(c2ccc(-c3ccc4c5ccccc5c5ccccc5c4c3)cc2)c2ccc(-c3ccc(-c4ccc5oc6ccccc6c5c4)c4ccccc34)cc2)cc1C. The van der Waals surface area contributed by atoms with Crippen LogP contribution in [0.25, 0.3) is 110 Å². The van der Waals surface area contributed by atoms with Crippen molar-refractivity contribution >= 4 is 99.2 Å². The van der Waals surface area contributed by atoms with Gasteiger partial charge < -0.3 is 14.2 Å². The summed E-state index contributed by atoms with van der Waals surface area (Å²) in [5.74, 6) is 0. The largest absolute Gasteiger partial charge is 0.456 e. The van der Waals surface area contributed by atoms with Crippen LogP contribution in [-0.2, 0) is 0 Å². The number of rotatable bonds is 10. The minimum absolute atomic E-state index is 0.903. The van der Waals surface area contributed by atoms with Crippen LogP contribution in [0.3, 0.4) is 0 Å². The molecule has 3 heteroatoms. The molecule has 0 radical (unpaired) electrons. The standard InChI is InChI=1S/C78H54N2O/c1-51-47-61(79(57-17-5-3-6-18-57)58-19-7-4-8-20-58)39-42-63(51)64-43-40-62(48-52(64)2)80(59-35-29-53(30-36-59)55-33-41-73-71-25-12-11-23-69(71)70-24-13-14-26-72(70)75(73)49-55)60-37-31-54(32-38-60)65-44-45-66(68-22-10-9-21-67(65)68)56-34-46-78-76(50-56)74-27-15-16-28-77(74)81-78/h3-50H,1-2H3. The molecule has 382 valence electrons. The van der Waals surface area contributed by atoms with Gasteiger partial charge in [0.2, 0.25) is 0 Å². The summed E-state index contributed by atoms with van der Waals surface area (Å²) in [6, 6.07) is 106. The Hall–Kier alpha value is -10.5. The lowest BCUT2D eigenvalue weighted by atomic mass is 9.91. The molecule has 0 fully saturated rings. The van der Waals surface area contributed by atoms with Gasteiger partial charge in [-0.2, -0.15) is 0 Å². The number of fused-ring (bicyclic) bond motifs is 10. The summed E-state index contributed by atoms with van der Waals surface area (Å²) in [6.07, 6.45) is 0. The Labute approximate surface area is 471 Å². The van der Waals surface area contributed by atoms with Crippen molar-refractivity contribution in [1.82, 2.24) is 0 Å². The Morgan fingerprint density at radius 3 is 1.10 bits per heavy atom. The number of nitrogens with zero attached hydrogens (tertiary/aromatic N) is 2. The Morgan fingerprint density at radius 2 is 0.568 bits per heavy atom.